The van der Waals surface area contributed by atoms with E-state index in [9.17, 15) is 19.2 Å². The number of nitrogens with one attached hydrogen (secondary N) is 2. The summed E-state index contributed by atoms with van der Waals surface area (Å²) in [4.78, 5) is 51.7. The summed E-state index contributed by atoms with van der Waals surface area (Å²) >= 11 is 0. The van der Waals surface area contributed by atoms with Gasteiger partial charge < -0.3 is 29.6 Å². The van der Waals surface area contributed by atoms with Crippen LogP contribution in [0.25, 0.3) is 0 Å². The molecule has 0 radical (unpaired) electrons. The Bertz CT molecular complexity index is 1390. The molecule has 0 bridgehead atoms. The first kappa shape index (κ1) is 31.7. The molecule has 10 nitrogen and oxygen atoms in total. The van der Waals surface area contributed by atoms with Gasteiger partial charge in [0.25, 0.3) is 5.91 Å². The molecular weight excluding hydrogens is 540 g/mol. The lowest BCUT2D eigenvalue weighted by atomic mass is 10.0. The predicted octanol–water partition coefficient (Wildman–Crippen LogP) is 3.34. The molecule has 0 saturated heterocycles. The molecule has 3 rings (SSSR count). The maximum atomic E-state index is 13.2. The molecule has 42 heavy (non-hydrogen) atoms. The van der Waals surface area contributed by atoms with Crippen molar-refractivity contribution in [1.29, 1.82) is 0 Å². The van der Waals surface area contributed by atoms with Crippen LogP contribution in [-0.2, 0) is 27.2 Å². The van der Waals surface area contributed by atoms with Crippen LogP contribution in [0, 0.1) is 0 Å². The number of hydrogen-bond acceptors (Lipinski definition) is 8. The van der Waals surface area contributed by atoms with Gasteiger partial charge in [-0.25, -0.2) is 0 Å². The van der Waals surface area contributed by atoms with Gasteiger partial charge in [0.05, 0.1) is 34.0 Å². The second-order valence-corrected chi connectivity index (χ2v) is 9.36. The number of carbonyl (C=O) groups excluding carboxylic acids is 4. The van der Waals surface area contributed by atoms with Gasteiger partial charge in [-0.05, 0) is 47.9 Å². The van der Waals surface area contributed by atoms with Crippen molar-refractivity contribution in [2.45, 2.75) is 31.7 Å². The molecule has 2 N–H and O–H groups in total. The van der Waals surface area contributed by atoms with E-state index in [4.69, 9.17) is 18.9 Å². The Labute approximate surface area is 245 Å². The molecule has 3 aromatic rings. The number of methoxy groups -OCH3 is 4. The molecule has 0 saturated carbocycles. The fourth-order valence-electron chi connectivity index (χ4n) is 4.32. The van der Waals surface area contributed by atoms with Crippen LogP contribution in [0.2, 0.25) is 0 Å². The van der Waals surface area contributed by atoms with Gasteiger partial charge in [0.15, 0.2) is 17.3 Å². The topological polar surface area (TPSA) is 129 Å². The molecule has 0 aromatic heterocycles. The Morgan fingerprint density at radius 3 is 2.07 bits per heavy atom. The minimum Gasteiger partial charge on any atom is -0.497 e. The zero-order valence-electron chi connectivity index (χ0n) is 24.2. The molecule has 2 amide bonds. The lowest BCUT2D eigenvalue weighted by molar-refractivity contribution is -0.140. The number of rotatable bonds is 16. The lowest BCUT2D eigenvalue weighted by Crippen LogP contribution is -2.49. The monoisotopic (exact) mass is 576 g/mol. The average molecular weight is 577 g/mol. The maximum Gasteiger partial charge on any atom is 0.289 e. The van der Waals surface area contributed by atoms with E-state index in [1.165, 1.54) is 21.3 Å². The Balaban J connectivity index is 1.63. The normalized spacial score (nSPS) is 11.1. The predicted molar refractivity (Wildman–Crippen MR) is 156 cm³/mol. The first-order valence-electron chi connectivity index (χ1n) is 13.4. The summed E-state index contributed by atoms with van der Waals surface area (Å²) in [7, 11) is 6.02. The van der Waals surface area contributed by atoms with Crippen molar-refractivity contribution >= 4 is 23.4 Å². The zero-order chi connectivity index (χ0) is 30.5. The van der Waals surface area contributed by atoms with Crippen molar-refractivity contribution in [3.8, 4) is 23.0 Å². The number of ketones is 2. The molecule has 1 atom stereocenters. The van der Waals surface area contributed by atoms with Gasteiger partial charge in [0, 0.05) is 25.8 Å². The van der Waals surface area contributed by atoms with Crippen LogP contribution in [0.5, 0.6) is 23.0 Å². The fraction of sp³-hybridized carbons (Fsp3) is 0.312. The fourth-order valence-corrected chi connectivity index (χ4v) is 4.32. The van der Waals surface area contributed by atoms with Crippen LogP contribution >= 0.6 is 0 Å². The van der Waals surface area contributed by atoms with E-state index in [0.717, 1.165) is 11.1 Å². The largest absolute Gasteiger partial charge is 0.497 e. The van der Waals surface area contributed by atoms with Crippen molar-refractivity contribution in [1.82, 2.24) is 10.6 Å². The molecule has 3 aromatic carbocycles. The summed E-state index contributed by atoms with van der Waals surface area (Å²) in [5.41, 5.74) is 1.94. The zero-order valence-corrected chi connectivity index (χ0v) is 24.2. The Morgan fingerprint density at radius 2 is 1.40 bits per heavy atom. The van der Waals surface area contributed by atoms with Crippen molar-refractivity contribution < 1.29 is 38.1 Å². The van der Waals surface area contributed by atoms with Crippen molar-refractivity contribution in [2.24, 2.45) is 0 Å². The van der Waals surface area contributed by atoms with E-state index < -0.39 is 23.6 Å². The molecule has 0 unspecified atom stereocenters. The highest BCUT2D eigenvalue weighted by Gasteiger charge is 2.27. The molecule has 0 fully saturated rings. The van der Waals surface area contributed by atoms with Crippen LogP contribution in [0.3, 0.4) is 0 Å². The standard InChI is InChI=1S/C32H36N2O8/c1-39-23-11-14-27(40-2)24(20-23)26(35)12-15-30(36)34-25(18-21-8-6-5-7-9-21)31(37)32(38)33-17-16-22-10-13-28(41-3)29(19-22)42-4/h5-11,13-14,19-20,25H,12,15-18H2,1-4H3,(H,33,38)(H,34,36)/t25-/m0/s1. The first-order chi connectivity index (χ1) is 20.3. The molecule has 222 valence electrons. The third-order valence-corrected chi connectivity index (χ3v) is 6.59. The molecular formula is C32H36N2O8. The summed E-state index contributed by atoms with van der Waals surface area (Å²) in [6, 6.07) is 18.2. The summed E-state index contributed by atoms with van der Waals surface area (Å²) < 4.78 is 21.0. The highest BCUT2D eigenvalue weighted by molar-refractivity contribution is 6.38. The number of Topliss-reactive ketones (excluding diaryl/α,β-unsaturated/α-hetero) is 2. The molecule has 0 aliphatic carbocycles. The lowest BCUT2D eigenvalue weighted by Gasteiger charge is -2.18. The van der Waals surface area contributed by atoms with Crippen LogP contribution < -0.4 is 29.6 Å². The van der Waals surface area contributed by atoms with Gasteiger partial charge in [0.1, 0.15) is 17.5 Å². The summed E-state index contributed by atoms with van der Waals surface area (Å²) in [6.07, 6.45) is 0.259. The highest BCUT2D eigenvalue weighted by atomic mass is 16.5. The summed E-state index contributed by atoms with van der Waals surface area (Å²) in [5, 5.41) is 5.29. The van der Waals surface area contributed by atoms with Crippen LogP contribution in [0.4, 0.5) is 0 Å². The number of carbonyl (C=O) groups is 4. The van der Waals surface area contributed by atoms with Gasteiger partial charge in [-0.2, -0.15) is 0 Å². The smallest absolute Gasteiger partial charge is 0.289 e. The third-order valence-electron chi connectivity index (χ3n) is 6.59. The summed E-state index contributed by atoms with van der Waals surface area (Å²) in [5.74, 6) is -0.445. The van der Waals surface area contributed by atoms with Crippen LogP contribution in [0.1, 0.15) is 34.3 Å². The van der Waals surface area contributed by atoms with Crippen molar-refractivity contribution in [2.75, 3.05) is 35.0 Å². The number of amides is 2. The summed E-state index contributed by atoms with van der Waals surface area (Å²) in [6.45, 7) is 0.197. The van der Waals surface area contributed by atoms with E-state index in [2.05, 4.69) is 10.6 Å². The van der Waals surface area contributed by atoms with Crippen molar-refractivity contribution in [3.05, 3.63) is 83.4 Å². The minimum atomic E-state index is -1.11. The van der Waals surface area contributed by atoms with E-state index in [-0.39, 0.29) is 37.2 Å². The van der Waals surface area contributed by atoms with Gasteiger partial charge in [-0.3, -0.25) is 19.2 Å². The second-order valence-electron chi connectivity index (χ2n) is 9.36. The van der Waals surface area contributed by atoms with Crippen LogP contribution in [-0.4, -0.2) is 64.4 Å². The minimum absolute atomic E-state index is 0.117. The highest BCUT2D eigenvalue weighted by Crippen LogP contribution is 2.28. The Hall–Kier alpha value is -4.86. The number of benzene rings is 3. The Morgan fingerprint density at radius 1 is 0.714 bits per heavy atom. The van der Waals surface area contributed by atoms with Gasteiger partial charge in [-0.15, -0.1) is 0 Å². The molecule has 0 spiro atoms. The molecule has 10 heteroatoms. The third kappa shape index (κ3) is 8.82. The van der Waals surface area contributed by atoms with Crippen LogP contribution in [0.15, 0.2) is 66.7 Å². The van der Waals surface area contributed by atoms with E-state index in [1.807, 2.05) is 24.3 Å². The van der Waals surface area contributed by atoms with E-state index in [1.54, 1.807) is 49.6 Å². The van der Waals surface area contributed by atoms with Gasteiger partial charge in [0.2, 0.25) is 11.7 Å². The van der Waals surface area contributed by atoms with Crippen molar-refractivity contribution in [3.63, 3.8) is 0 Å². The second kappa shape index (κ2) is 15.8. The average Bonchev–Trinajstić information content (AvgIpc) is 3.02. The Kier molecular flexibility index (Phi) is 11.9. The van der Waals surface area contributed by atoms with E-state index >= 15 is 0 Å². The van der Waals surface area contributed by atoms with Gasteiger partial charge >= 0.3 is 0 Å². The first-order valence-corrected chi connectivity index (χ1v) is 13.4. The van der Waals surface area contributed by atoms with E-state index in [0.29, 0.717) is 29.4 Å². The molecule has 0 heterocycles. The quantitative estimate of drug-likeness (QED) is 0.196. The SMILES string of the molecule is COc1ccc(OC)c(C(=O)CCC(=O)N[C@@H](Cc2ccccc2)C(=O)C(=O)NCCc2ccc(OC)c(OC)c2)c1. The molecule has 0 aliphatic rings. The number of hydrogen-bond donors (Lipinski definition) is 2. The molecule has 0 aliphatic heterocycles. The van der Waals surface area contributed by atoms with Gasteiger partial charge in [-0.1, -0.05) is 36.4 Å². The maximum absolute atomic E-state index is 13.2. The number of ether oxygens (including phenoxy) is 4.